The number of hydrogen-bond donors (Lipinski definition) is 2. The first kappa shape index (κ1) is 16.8. The third-order valence-electron chi connectivity index (χ3n) is 4.20. The van der Waals surface area contributed by atoms with Crippen molar-refractivity contribution in [2.75, 3.05) is 27.2 Å². The lowest BCUT2D eigenvalue weighted by Gasteiger charge is -2.23. The average molecular weight is 306 g/mol. The van der Waals surface area contributed by atoms with Gasteiger partial charge in [-0.2, -0.15) is 5.10 Å². The number of likely N-dealkylation sites (N-methyl/N-ethyl adjacent to an activating group) is 1. The van der Waals surface area contributed by atoms with E-state index in [1.54, 1.807) is 0 Å². The molecule has 1 aliphatic carbocycles. The number of hydrogen-bond acceptors (Lipinski definition) is 3. The lowest BCUT2D eigenvalue weighted by Crippen LogP contribution is -2.42. The quantitative estimate of drug-likeness (QED) is 0.618. The standard InChI is InChI=1S/C16H30N6/c1-5-17-16(20-14-8-6-7-9-14)18-11-15(21(2)3)13-10-19-22(4)12-13/h10,12,14-15H,5-9,11H2,1-4H3,(H2,17,18,20). The second-order valence-corrected chi connectivity index (χ2v) is 6.27. The molecule has 1 aliphatic rings. The first-order valence-electron chi connectivity index (χ1n) is 8.30. The molecular formula is C16H30N6. The molecular weight excluding hydrogens is 276 g/mol. The van der Waals surface area contributed by atoms with Crippen LogP contribution < -0.4 is 10.6 Å². The fourth-order valence-electron chi connectivity index (χ4n) is 2.94. The maximum absolute atomic E-state index is 4.80. The van der Waals surface area contributed by atoms with Crippen LogP contribution in [0.1, 0.15) is 44.2 Å². The van der Waals surface area contributed by atoms with E-state index >= 15 is 0 Å². The Morgan fingerprint density at radius 1 is 1.45 bits per heavy atom. The van der Waals surface area contributed by atoms with Crippen LogP contribution in [0.15, 0.2) is 17.4 Å². The van der Waals surface area contributed by atoms with Crippen molar-refractivity contribution in [3.63, 3.8) is 0 Å². The second kappa shape index (κ2) is 8.17. The van der Waals surface area contributed by atoms with Crippen LogP contribution in [-0.4, -0.2) is 53.9 Å². The molecule has 1 aromatic rings. The van der Waals surface area contributed by atoms with Gasteiger partial charge >= 0.3 is 0 Å². The maximum atomic E-state index is 4.80. The minimum Gasteiger partial charge on any atom is -0.357 e. The summed E-state index contributed by atoms with van der Waals surface area (Å²) in [6, 6.07) is 0.821. The molecule has 6 nitrogen and oxygen atoms in total. The van der Waals surface area contributed by atoms with Crippen LogP contribution in [0.5, 0.6) is 0 Å². The monoisotopic (exact) mass is 306 g/mol. The van der Waals surface area contributed by atoms with Crippen molar-refractivity contribution in [3.8, 4) is 0 Å². The van der Waals surface area contributed by atoms with Gasteiger partial charge in [0.2, 0.25) is 0 Å². The SMILES string of the molecule is CCNC(=NCC(c1cnn(C)c1)N(C)C)NC1CCCC1. The number of aliphatic imine (C=N–C) groups is 1. The average Bonchev–Trinajstić information content (AvgIpc) is 3.11. The Morgan fingerprint density at radius 2 is 2.18 bits per heavy atom. The summed E-state index contributed by atoms with van der Waals surface area (Å²) < 4.78 is 1.84. The van der Waals surface area contributed by atoms with Crippen LogP contribution >= 0.6 is 0 Å². The normalized spacial score (nSPS) is 18.0. The Kier molecular flexibility index (Phi) is 6.24. The highest BCUT2D eigenvalue weighted by Crippen LogP contribution is 2.19. The molecule has 0 spiro atoms. The van der Waals surface area contributed by atoms with E-state index in [9.17, 15) is 0 Å². The minimum absolute atomic E-state index is 0.243. The summed E-state index contributed by atoms with van der Waals surface area (Å²) in [5, 5.41) is 11.2. The highest BCUT2D eigenvalue weighted by Gasteiger charge is 2.18. The van der Waals surface area contributed by atoms with Crippen molar-refractivity contribution < 1.29 is 0 Å². The fourth-order valence-corrected chi connectivity index (χ4v) is 2.94. The molecule has 1 heterocycles. The molecule has 0 radical (unpaired) electrons. The molecule has 6 heteroatoms. The Hall–Kier alpha value is -1.56. The van der Waals surface area contributed by atoms with Gasteiger partial charge in [0.25, 0.3) is 0 Å². The number of aromatic nitrogens is 2. The summed E-state index contributed by atoms with van der Waals surface area (Å²) in [5.74, 6) is 0.935. The summed E-state index contributed by atoms with van der Waals surface area (Å²) >= 11 is 0. The lowest BCUT2D eigenvalue weighted by molar-refractivity contribution is 0.306. The Bertz CT molecular complexity index is 473. The van der Waals surface area contributed by atoms with Crippen molar-refractivity contribution in [2.24, 2.45) is 12.0 Å². The molecule has 0 amide bonds. The van der Waals surface area contributed by atoms with Gasteiger partial charge in [-0.15, -0.1) is 0 Å². The predicted octanol–water partition coefficient (Wildman–Crippen LogP) is 1.52. The van der Waals surface area contributed by atoms with Gasteiger partial charge in [0.1, 0.15) is 0 Å². The summed E-state index contributed by atoms with van der Waals surface area (Å²) in [6.45, 7) is 3.72. The van der Waals surface area contributed by atoms with Gasteiger partial charge in [0.15, 0.2) is 5.96 Å². The second-order valence-electron chi connectivity index (χ2n) is 6.27. The molecule has 1 atom stereocenters. The molecule has 2 N–H and O–H groups in total. The molecule has 1 saturated carbocycles. The topological polar surface area (TPSA) is 57.5 Å². The van der Waals surface area contributed by atoms with E-state index in [0.29, 0.717) is 6.04 Å². The van der Waals surface area contributed by atoms with Crippen molar-refractivity contribution in [2.45, 2.75) is 44.7 Å². The highest BCUT2D eigenvalue weighted by atomic mass is 15.3. The van der Waals surface area contributed by atoms with Gasteiger partial charge in [-0.3, -0.25) is 9.67 Å². The highest BCUT2D eigenvalue weighted by molar-refractivity contribution is 5.80. The maximum Gasteiger partial charge on any atom is 0.191 e. The zero-order chi connectivity index (χ0) is 15.9. The zero-order valence-corrected chi connectivity index (χ0v) is 14.3. The smallest absolute Gasteiger partial charge is 0.191 e. The molecule has 1 fully saturated rings. The van der Waals surface area contributed by atoms with E-state index in [2.05, 4.69) is 47.8 Å². The number of nitrogens with one attached hydrogen (secondary N) is 2. The third-order valence-corrected chi connectivity index (χ3v) is 4.20. The Labute approximate surface area is 134 Å². The van der Waals surface area contributed by atoms with Gasteiger partial charge in [0, 0.05) is 31.4 Å². The van der Waals surface area contributed by atoms with Crippen molar-refractivity contribution in [1.82, 2.24) is 25.3 Å². The van der Waals surface area contributed by atoms with Crippen LogP contribution in [-0.2, 0) is 7.05 Å². The van der Waals surface area contributed by atoms with Gasteiger partial charge < -0.3 is 15.5 Å². The van der Waals surface area contributed by atoms with Crippen LogP contribution in [0.25, 0.3) is 0 Å². The molecule has 22 heavy (non-hydrogen) atoms. The van der Waals surface area contributed by atoms with Gasteiger partial charge in [0.05, 0.1) is 18.8 Å². The molecule has 2 rings (SSSR count). The van der Waals surface area contributed by atoms with Crippen LogP contribution in [0.4, 0.5) is 0 Å². The number of rotatable bonds is 6. The number of guanidine groups is 1. The summed E-state index contributed by atoms with van der Waals surface area (Å²) in [6.07, 6.45) is 9.16. The summed E-state index contributed by atoms with van der Waals surface area (Å²) in [7, 11) is 6.13. The van der Waals surface area contributed by atoms with Crippen LogP contribution in [0, 0.1) is 0 Å². The van der Waals surface area contributed by atoms with E-state index in [-0.39, 0.29) is 6.04 Å². The molecule has 1 aromatic heterocycles. The van der Waals surface area contributed by atoms with Gasteiger partial charge in [-0.25, -0.2) is 0 Å². The largest absolute Gasteiger partial charge is 0.357 e. The lowest BCUT2D eigenvalue weighted by atomic mass is 10.1. The molecule has 0 saturated heterocycles. The van der Waals surface area contributed by atoms with Crippen molar-refractivity contribution in [1.29, 1.82) is 0 Å². The van der Waals surface area contributed by atoms with E-state index in [0.717, 1.165) is 19.0 Å². The number of nitrogens with zero attached hydrogens (tertiary/aromatic N) is 4. The van der Waals surface area contributed by atoms with E-state index < -0.39 is 0 Å². The molecule has 1 unspecified atom stereocenters. The van der Waals surface area contributed by atoms with Gasteiger partial charge in [-0.1, -0.05) is 12.8 Å². The summed E-state index contributed by atoms with van der Waals surface area (Å²) in [5.41, 5.74) is 1.20. The molecule has 124 valence electrons. The molecule has 0 bridgehead atoms. The van der Waals surface area contributed by atoms with Crippen molar-refractivity contribution in [3.05, 3.63) is 18.0 Å². The van der Waals surface area contributed by atoms with E-state index in [4.69, 9.17) is 4.99 Å². The minimum atomic E-state index is 0.243. The first-order valence-corrected chi connectivity index (χ1v) is 8.30. The zero-order valence-electron chi connectivity index (χ0n) is 14.3. The van der Waals surface area contributed by atoms with Crippen LogP contribution in [0.3, 0.4) is 0 Å². The molecule has 0 aromatic carbocycles. The van der Waals surface area contributed by atoms with Gasteiger partial charge in [-0.05, 0) is 33.9 Å². The molecule has 0 aliphatic heterocycles. The van der Waals surface area contributed by atoms with Crippen LogP contribution in [0.2, 0.25) is 0 Å². The Morgan fingerprint density at radius 3 is 2.73 bits per heavy atom. The predicted molar refractivity (Wildman–Crippen MR) is 91.0 cm³/mol. The third kappa shape index (κ3) is 4.73. The van der Waals surface area contributed by atoms with Crippen molar-refractivity contribution >= 4 is 5.96 Å². The first-order chi connectivity index (χ1) is 10.6. The Balaban J connectivity index is 2.02. The number of aryl methyl sites for hydroxylation is 1. The van der Waals surface area contributed by atoms with E-state index in [1.165, 1.54) is 31.2 Å². The fraction of sp³-hybridized carbons (Fsp3) is 0.750. The van der Waals surface area contributed by atoms with E-state index in [1.807, 2.05) is 17.9 Å². The summed E-state index contributed by atoms with van der Waals surface area (Å²) in [4.78, 5) is 6.99.